The molecule has 0 radical (unpaired) electrons. The highest BCUT2D eigenvalue weighted by molar-refractivity contribution is 6.04. The number of nitrogens with zero attached hydrogens (tertiary/aromatic N) is 2. The van der Waals surface area contributed by atoms with Crippen LogP contribution in [0.4, 0.5) is 4.39 Å². The fourth-order valence-corrected chi connectivity index (χ4v) is 1.66. The number of hydrogen-bond donors (Lipinski definition) is 2. The normalized spacial score (nSPS) is 12.4. The summed E-state index contributed by atoms with van der Waals surface area (Å²) in [6.07, 6.45) is 2.94. The zero-order valence-electron chi connectivity index (χ0n) is 10.8. The second-order valence-electron chi connectivity index (χ2n) is 4.28. The lowest BCUT2D eigenvalue weighted by molar-refractivity contribution is 0.0951. The first kappa shape index (κ1) is 13.4. The van der Waals surface area contributed by atoms with Crippen LogP contribution in [0.2, 0.25) is 0 Å². The molecule has 1 aromatic heterocycles. The van der Waals surface area contributed by atoms with Gasteiger partial charge in [0.15, 0.2) is 0 Å². The molecule has 0 spiro atoms. The highest BCUT2D eigenvalue weighted by Crippen LogP contribution is 2.16. The van der Waals surface area contributed by atoms with Crippen molar-refractivity contribution in [2.75, 3.05) is 13.6 Å². The van der Waals surface area contributed by atoms with Crippen molar-refractivity contribution < 1.29 is 9.18 Å². The highest BCUT2D eigenvalue weighted by atomic mass is 19.1. The number of rotatable bonds is 4. The number of likely N-dealkylation sites (N-methyl/N-ethyl adjacent to an activating group) is 1. The number of carbonyl (C=O) groups excluding carboxylic acids is 1. The fraction of sp³-hybridized carbons (Fsp3) is 0.308. The van der Waals surface area contributed by atoms with Gasteiger partial charge in [-0.25, -0.2) is 4.39 Å². The molecule has 1 aromatic carbocycles. The van der Waals surface area contributed by atoms with Gasteiger partial charge in [-0.2, -0.15) is 0 Å². The molecule has 0 aliphatic rings. The van der Waals surface area contributed by atoms with Crippen molar-refractivity contribution in [3.8, 4) is 0 Å². The largest absolute Gasteiger partial charge is 0.350 e. The van der Waals surface area contributed by atoms with Crippen LogP contribution in [0.25, 0.3) is 11.0 Å². The number of hydrogen-bond acceptors (Lipinski definition) is 4. The van der Waals surface area contributed by atoms with Gasteiger partial charge in [0.2, 0.25) is 0 Å². The molecule has 100 valence electrons. The highest BCUT2D eigenvalue weighted by Gasteiger charge is 2.14. The zero-order chi connectivity index (χ0) is 13.8. The van der Waals surface area contributed by atoms with E-state index >= 15 is 0 Å². The predicted octanol–water partition coefficient (Wildman–Crippen LogP) is 1.11. The third-order valence-electron chi connectivity index (χ3n) is 2.84. The van der Waals surface area contributed by atoms with Crippen LogP contribution >= 0.6 is 0 Å². The Kier molecular flexibility index (Phi) is 4.01. The average Bonchev–Trinajstić information content (AvgIpc) is 2.43. The lowest BCUT2D eigenvalue weighted by Gasteiger charge is -2.12. The third-order valence-corrected chi connectivity index (χ3v) is 2.84. The Balaban J connectivity index is 2.31. The quantitative estimate of drug-likeness (QED) is 0.866. The van der Waals surface area contributed by atoms with Crippen LogP contribution in [0.5, 0.6) is 0 Å². The summed E-state index contributed by atoms with van der Waals surface area (Å²) in [5.74, 6) is -0.855. The maximum absolute atomic E-state index is 13.5. The van der Waals surface area contributed by atoms with E-state index in [9.17, 15) is 9.18 Å². The van der Waals surface area contributed by atoms with E-state index in [0.29, 0.717) is 17.6 Å². The van der Waals surface area contributed by atoms with Crippen LogP contribution in [-0.2, 0) is 0 Å². The number of aromatic nitrogens is 2. The van der Waals surface area contributed by atoms with E-state index < -0.39 is 5.82 Å². The van der Waals surface area contributed by atoms with Crippen molar-refractivity contribution in [3.05, 3.63) is 35.9 Å². The molecule has 0 aliphatic heterocycles. The van der Waals surface area contributed by atoms with Crippen LogP contribution in [0.15, 0.2) is 24.5 Å². The maximum Gasteiger partial charge on any atom is 0.253 e. The van der Waals surface area contributed by atoms with Crippen molar-refractivity contribution >= 4 is 16.9 Å². The molecule has 0 fully saturated rings. The molecule has 1 amide bonds. The van der Waals surface area contributed by atoms with Crippen LogP contribution in [-0.4, -0.2) is 35.5 Å². The summed E-state index contributed by atoms with van der Waals surface area (Å²) >= 11 is 0. The first-order valence-corrected chi connectivity index (χ1v) is 5.97. The first-order chi connectivity index (χ1) is 9.11. The summed E-state index contributed by atoms with van der Waals surface area (Å²) in [6.45, 7) is 2.39. The van der Waals surface area contributed by atoms with Crippen molar-refractivity contribution in [2.24, 2.45) is 0 Å². The van der Waals surface area contributed by atoms with E-state index in [0.717, 1.165) is 0 Å². The molecular weight excluding hydrogens is 247 g/mol. The van der Waals surface area contributed by atoms with Crippen LogP contribution in [0.1, 0.15) is 17.3 Å². The van der Waals surface area contributed by atoms with Gasteiger partial charge >= 0.3 is 0 Å². The molecule has 1 atom stereocenters. The van der Waals surface area contributed by atoms with E-state index in [1.165, 1.54) is 24.5 Å². The van der Waals surface area contributed by atoms with Gasteiger partial charge in [0.25, 0.3) is 5.91 Å². The van der Waals surface area contributed by atoms with Gasteiger partial charge < -0.3 is 10.6 Å². The van der Waals surface area contributed by atoms with Crippen molar-refractivity contribution in [1.82, 2.24) is 20.6 Å². The lowest BCUT2D eigenvalue weighted by atomic mass is 10.1. The van der Waals surface area contributed by atoms with E-state index in [1.54, 1.807) is 7.05 Å². The van der Waals surface area contributed by atoms with Gasteiger partial charge in [0.05, 0.1) is 11.1 Å². The molecular formula is C13H15FN4O. The minimum atomic E-state index is -0.500. The van der Waals surface area contributed by atoms with Crippen molar-refractivity contribution in [2.45, 2.75) is 13.0 Å². The SMILES string of the molecule is CNC(C)CNC(=O)c1cc(F)cc2nccnc12. The molecule has 2 rings (SSSR count). The van der Waals surface area contributed by atoms with E-state index in [-0.39, 0.29) is 17.5 Å². The Hall–Kier alpha value is -2.08. The van der Waals surface area contributed by atoms with E-state index in [4.69, 9.17) is 0 Å². The summed E-state index contributed by atoms with van der Waals surface area (Å²) in [5.41, 5.74) is 0.972. The molecule has 19 heavy (non-hydrogen) atoms. The monoisotopic (exact) mass is 262 g/mol. The van der Waals surface area contributed by atoms with Gasteiger partial charge in [-0.15, -0.1) is 0 Å². The number of halogens is 1. The Morgan fingerprint density at radius 1 is 1.37 bits per heavy atom. The first-order valence-electron chi connectivity index (χ1n) is 5.97. The Morgan fingerprint density at radius 2 is 2.11 bits per heavy atom. The number of amides is 1. The van der Waals surface area contributed by atoms with Crippen LogP contribution < -0.4 is 10.6 Å². The summed E-state index contributed by atoms with van der Waals surface area (Å²) in [6, 6.07) is 2.57. The van der Waals surface area contributed by atoms with Gasteiger partial charge in [-0.05, 0) is 20.0 Å². The van der Waals surface area contributed by atoms with Crippen LogP contribution in [0.3, 0.4) is 0 Å². The molecule has 1 unspecified atom stereocenters. The van der Waals surface area contributed by atoms with Gasteiger partial charge in [-0.3, -0.25) is 14.8 Å². The van der Waals surface area contributed by atoms with Gasteiger partial charge in [-0.1, -0.05) is 0 Å². The molecule has 1 heterocycles. The van der Waals surface area contributed by atoms with E-state index in [1.807, 2.05) is 6.92 Å². The molecule has 5 nitrogen and oxygen atoms in total. The Bertz CT molecular complexity index is 602. The minimum Gasteiger partial charge on any atom is -0.350 e. The Labute approximate surface area is 110 Å². The molecule has 2 N–H and O–H groups in total. The number of fused-ring (bicyclic) bond motifs is 1. The second-order valence-corrected chi connectivity index (χ2v) is 4.28. The van der Waals surface area contributed by atoms with Gasteiger partial charge in [0, 0.05) is 31.0 Å². The third kappa shape index (κ3) is 3.03. The minimum absolute atomic E-state index is 0.134. The molecule has 0 saturated carbocycles. The molecule has 0 aliphatic carbocycles. The summed E-state index contributed by atoms with van der Waals surface area (Å²) in [5, 5.41) is 5.74. The average molecular weight is 262 g/mol. The number of nitrogens with one attached hydrogen (secondary N) is 2. The Morgan fingerprint density at radius 3 is 2.84 bits per heavy atom. The molecule has 6 heteroatoms. The van der Waals surface area contributed by atoms with E-state index in [2.05, 4.69) is 20.6 Å². The lowest BCUT2D eigenvalue weighted by Crippen LogP contribution is -2.37. The topological polar surface area (TPSA) is 66.9 Å². The molecule has 0 saturated heterocycles. The standard InChI is InChI=1S/C13H15FN4O/c1-8(15-2)7-18-13(19)10-5-9(14)6-11-12(10)17-4-3-16-11/h3-6,8,15H,7H2,1-2H3,(H,18,19). The molecule has 0 bridgehead atoms. The summed E-state index contributed by atoms with van der Waals surface area (Å²) in [4.78, 5) is 20.1. The molecule has 2 aromatic rings. The number of benzene rings is 1. The van der Waals surface area contributed by atoms with Crippen molar-refractivity contribution in [1.29, 1.82) is 0 Å². The predicted molar refractivity (Wildman–Crippen MR) is 70.4 cm³/mol. The summed E-state index contributed by atoms with van der Waals surface area (Å²) in [7, 11) is 1.81. The fourth-order valence-electron chi connectivity index (χ4n) is 1.66. The van der Waals surface area contributed by atoms with Crippen molar-refractivity contribution in [3.63, 3.8) is 0 Å². The maximum atomic E-state index is 13.5. The second kappa shape index (κ2) is 5.71. The summed E-state index contributed by atoms with van der Waals surface area (Å²) < 4.78 is 13.5. The van der Waals surface area contributed by atoms with Gasteiger partial charge in [0.1, 0.15) is 11.3 Å². The zero-order valence-corrected chi connectivity index (χ0v) is 10.8. The number of carbonyl (C=O) groups is 1. The van der Waals surface area contributed by atoms with Crippen LogP contribution in [0, 0.1) is 5.82 Å². The smallest absolute Gasteiger partial charge is 0.253 e.